The minimum Gasteiger partial charge on any atom is -0.494 e. The number of unbranched alkanes of at least 4 members (excludes halogenated alkanes) is 1. The molecule has 3 rings (SSSR count). The molecule has 11 heteroatoms. The lowest BCUT2D eigenvalue weighted by atomic mass is 9.80. The molecule has 0 aliphatic carbocycles. The monoisotopic (exact) mass is 654 g/mol. The molecule has 10 nitrogen and oxygen atoms in total. The number of carbonyl (C=O) groups excluding carboxylic acids is 3. The summed E-state index contributed by atoms with van der Waals surface area (Å²) in [5, 5.41) is 18.4. The highest BCUT2D eigenvalue weighted by molar-refractivity contribution is 6.58. The van der Waals surface area contributed by atoms with Gasteiger partial charge < -0.3 is 33.7 Å². The Labute approximate surface area is 280 Å². The van der Waals surface area contributed by atoms with Gasteiger partial charge in [-0.2, -0.15) is 0 Å². The lowest BCUT2D eigenvalue weighted by Crippen LogP contribution is -2.29. The first kappa shape index (κ1) is 37.1. The van der Waals surface area contributed by atoms with Crippen LogP contribution in [0.25, 0.3) is 0 Å². The summed E-state index contributed by atoms with van der Waals surface area (Å²) < 4.78 is 27.5. The van der Waals surface area contributed by atoms with E-state index in [0.29, 0.717) is 71.0 Å². The molecular formula is C37H39BO10. The summed E-state index contributed by atoms with van der Waals surface area (Å²) in [6.07, 6.45) is 3.87. The molecule has 0 fully saturated rings. The molecule has 0 heterocycles. The summed E-state index contributed by atoms with van der Waals surface area (Å²) in [7, 11) is -1.55. The highest BCUT2D eigenvalue weighted by atomic mass is 16.5. The zero-order chi connectivity index (χ0) is 35.1. The lowest BCUT2D eigenvalue weighted by Gasteiger charge is -2.13. The summed E-state index contributed by atoms with van der Waals surface area (Å²) in [5.41, 5.74) is 2.98. The van der Waals surface area contributed by atoms with Crippen LogP contribution in [-0.4, -0.2) is 48.3 Å². The van der Waals surface area contributed by atoms with E-state index in [1.807, 2.05) is 0 Å². The summed E-state index contributed by atoms with van der Waals surface area (Å²) in [5.74, 6) is 0.0947. The van der Waals surface area contributed by atoms with E-state index in [9.17, 15) is 24.4 Å². The van der Waals surface area contributed by atoms with Crippen molar-refractivity contribution in [3.8, 4) is 11.5 Å². The number of ether oxygens (including phenoxy) is 5. The Bertz CT molecular complexity index is 1640. The molecule has 0 amide bonds. The van der Waals surface area contributed by atoms with Crippen molar-refractivity contribution in [2.75, 3.05) is 13.2 Å². The van der Waals surface area contributed by atoms with Crippen LogP contribution in [0.2, 0.25) is 0 Å². The van der Waals surface area contributed by atoms with Gasteiger partial charge in [0.15, 0.2) is 0 Å². The molecule has 48 heavy (non-hydrogen) atoms. The van der Waals surface area contributed by atoms with Gasteiger partial charge in [-0.1, -0.05) is 37.4 Å². The fraction of sp³-hybridized carbons (Fsp3) is 0.216. The first-order chi connectivity index (χ1) is 23.0. The minimum absolute atomic E-state index is 0.220. The molecule has 0 aromatic heterocycles. The van der Waals surface area contributed by atoms with Gasteiger partial charge >= 0.3 is 25.0 Å². The van der Waals surface area contributed by atoms with E-state index in [4.69, 9.17) is 23.7 Å². The fourth-order valence-electron chi connectivity index (χ4n) is 4.11. The maximum atomic E-state index is 12.9. The van der Waals surface area contributed by atoms with Crippen molar-refractivity contribution in [3.63, 3.8) is 0 Å². The van der Waals surface area contributed by atoms with Crippen LogP contribution in [0, 0.1) is 0 Å². The van der Waals surface area contributed by atoms with Crippen LogP contribution in [0.5, 0.6) is 11.5 Å². The van der Waals surface area contributed by atoms with Gasteiger partial charge in [-0.05, 0) is 110 Å². The number of carbonyl (C=O) groups is 3. The Balaban J connectivity index is 1.53. The van der Waals surface area contributed by atoms with Crippen LogP contribution in [0.3, 0.4) is 0 Å². The molecule has 0 saturated carbocycles. The van der Waals surface area contributed by atoms with Crippen LogP contribution in [0.4, 0.5) is 0 Å². The zero-order valence-corrected chi connectivity index (χ0v) is 27.3. The van der Waals surface area contributed by atoms with Crippen molar-refractivity contribution in [1.82, 2.24) is 0 Å². The molecule has 0 unspecified atom stereocenters. The van der Waals surface area contributed by atoms with Gasteiger partial charge in [0, 0.05) is 6.08 Å². The number of hydrogen-bond acceptors (Lipinski definition) is 10. The Kier molecular flexibility index (Phi) is 14.4. The Hall–Kier alpha value is -5.39. The molecule has 0 radical (unpaired) electrons. The average Bonchev–Trinajstić information content (AvgIpc) is 3.10. The quantitative estimate of drug-likeness (QED) is 0.0360. The molecule has 3 aromatic rings. The van der Waals surface area contributed by atoms with Crippen LogP contribution < -0.4 is 14.9 Å². The van der Waals surface area contributed by atoms with Gasteiger partial charge in [0.25, 0.3) is 0 Å². The molecule has 0 aliphatic heterocycles. The third-order valence-corrected chi connectivity index (χ3v) is 7.18. The van der Waals surface area contributed by atoms with E-state index in [-0.39, 0.29) is 12.4 Å². The summed E-state index contributed by atoms with van der Waals surface area (Å²) in [4.78, 5) is 36.8. The molecule has 2 N–H and O–H groups in total. The maximum Gasteiger partial charge on any atom is 0.488 e. The molecule has 0 bridgehead atoms. The maximum absolute atomic E-state index is 12.9. The number of esters is 3. The Morgan fingerprint density at radius 1 is 0.688 bits per heavy atom. The molecule has 0 saturated heterocycles. The molecule has 0 spiro atoms. The predicted molar refractivity (Wildman–Crippen MR) is 181 cm³/mol. The molecule has 3 aromatic carbocycles. The predicted octanol–water partition coefficient (Wildman–Crippen LogP) is 5.60. The molecule has 0 aliphatic rings. The summed E-state index contributed by atoms with van der Waals surface area (Å²) >= 11 is 0. The lowest BCUT2D eigenvalue weighted by molar-refractivity contribution is -0.137. The average molecular weight is 655 g/mol. The van der Waals surface area contributed by atoms with E-state index in [1.165, 1.54) is 6.08 Å². The van der Waals surface area contributed by atoms with Crippen molar-refractivity contribution in [2.45, 2.75) is 40.2 Å². The second-order valence-electron chi connectivity index (χ2n) is 10.5. The van der Waals surface area contributed by atoms with Crippen molar-refractivity contribution < 1.29 is 48.1 Å². The largest absolute Gasteiger partial charge is 0.494 e. The standard InChI is InChI=1S/C37H39BO10/c1-6-34(48-37(41)29-12-10-28(11-13-29)24-46-33-20-16-31(17-21-33)38(42)43)26(4)25(3)27(5)47-36(40)30-14-18-32(19-15-30)44-22-8-9-23-45-35(39)7-2/h6-7,10-21,42-43H,1-2,8-9,22-24H2,3-5H3/b27-25+,34-26+. The second-order valence-corrected chi connectivity index (χ2v) is 10.5. The first-order valence-corrected chi connectivity index (χ1v) is 15.2. The van der Waals surface area contributed by atoms with Crippen molar-refractivity contribution >= 4 is 30.5 Å². The Morgan fingerprint density at radius 3 is 1.81 bits per heavy atom. The van der Waals surface area contributed by atoms with E-state index >= 15 is 0 Å². The van der Waals surface area contributed by atoms with Gasteiger partial charge in [-0.25, -0.2) is 14.4 Å². The third-order valence-electron chi connectivity index (χ3n) is 7.18. The van der Waals surface area contributed by atoms with E-state index < -0.39 is 25.0 Å². The van der Waals surface area contributed by atoms with Gasteiger partial charge in [0.2, 0.25) is 0 Å². The number of rotatable bonds is 17. The molecular weight excluding hydrogens is 615 g/mol. The molecule has 250 valence electrons. The van der Waals surface area contributed by atoms with Crippen LogP contribution in [0.15, 0.2) is 121 Å². The topological polar surface area (TPSA) is 138 Å². The fourth-order valence-corrected chi connectivity index (χ4v) is 4.11. The van der Waals surface area contributed by atoms with E-state index in [2.05, 4.69) is 13.2 Å². The smallest absolute Gasteiger partial charge is 0.488 e. The minimum atomic E-state index is -1.55. The number of allylic oxidation sites excluding steroid dienone is 4. The first-order valence-electron chi connectivity index (χ1n) is 15.2. The van der Waals surface area contributed by atoms with Gasteiger partial charge in [0.1, 0.15) is 29.6 Å². The van der Waals surface area contributed by atoms with Crippen molar-refractivity contribution in [2.24, 2.45) is 0 Å². The van der Waals surface area contributed by atoms with Gasteiger partial charge in [0.05, 0.1) is 24.3 Å². The Morgan fingerprint density at radius 2 is 1.23 bits per heavy atom. The van der Waals surface area contributed by atoms with Crippen molar-refractivity contribution in [3.05, 3.63) is 137 Å². The zero-order valence-electron chi connectivity index (χ0n) is 27.3. The van der Waals surface area contributed by atoms with Crippen LogP contribution >= 0.6 is 0 Å². The highest BCUT2D eigenvalue weighted by Gasteiger charge is 2.16. The van der Waals surface area contributed by atoms with Crippen LogP contribution in [0.1, 0.15) is 59.9 Å². The van der Waals surface area contributed by atoms with Gasteiger partial charge in [-0.3, -0.25) is 0 Å². The van der Waals surface area contributed by atoms with Gasteiger partial charge in [-0.15, -0.1) is 0 Å². The summed E-state index contributed by atoms with van der Waals surface area (Å²) in [6.45, 7) is 13.2. The van der Waals surface area contributed by atoms with E-state index in [0.717, 1.165) is 11.6 Å². The second kappa shape index (κ2) is 18.7. The van der Waals surface area contributed by atoms with E-state index in [1.54, 1.807) is 93.6 Å². The number of hydrogen-bond donors (Lipinski definition) is 2. The van der Waals surface area contributed by atoms with Crippen LogP contribution in [-0.2, 0) is 25.6 Å². The summed E-state index contributed by atoms with van der Waals surface area (Å²) in [6, 6.07) is 19.7. The highest BCUT2D eigenvalue weighted by Crippen LogP contribution is 2.23. The molecule has 0 atom stereocenters. The third kappa shape index (κ3) is 11.4. The SMILES string of the molecule is C=CC(=O)OCCCCOc1ccc(C(=O)O/C(C)=C(C)/C(C)=C(\C=C)OC(=O)c2ccc(COc3ccc(B(O)O)cc3)cc2)cc1. The van der Waals surface area contributed by atoms with Crippen molar-refractivity contribution in [1.29, 1.82) is 0 Å². The normalized spacial score (nSPS) is 11.7. The number of benzene rings is 3.